The lowest BCUT2D eigenvalue weighted by molar-refractivity contribution is 0.415. The van der Waals surface area contributed by atoms with E-state index in [2.05, 4.69) is 21.6 Å². The van der Waals surface area contributed by atoms with E-state index in [9.17, 15) is 0 Å². The Hall–Kier alpha value is -2.99. The number of benzene rings is 2. The molecule has 0 radical (unpaired) electrons. The van der Waals surface area contributed by atoms with E-state index < -0.39 is 0 Å². The number of aryl methyl sites for hydroxylation is 2. The van der Waals surface area contributed by atoms with Gasteiger partial charge >= 0.3 is 0 Å². The molecule has 0 saturated carbocycles. The van der Waals surface area contributed by atoms with Crippen LogP contribution in [-0.4, -0.2) is 29.4 Å². The van der Waals surface area contributed by atoms with Crippen LogP contribution in [0.15, 0.2) is 59.7 Å². The predicted molar refractivity (Wildman–Crippen MR) is 115 cm³/mol. The number of rotatable bonds is 7. The molecule has 0 aliphatic heterocycles. The largest absolute Gasteiger partial charge is 0.495 e. The lowest BCUT2D eigenvalue weighted by Gasteiger charge is -2.08. The Bertz CT molecular complexity index is 953. The minimum Gasteiger partial charge on any atom is -0.495 e. The van der Waals surface area contributed by atoms with Crippen molar-refractivity contribution in [2.45, 2.75) is 19.8 Å². The van der Waals surface area contributed by atoms with E-state index in [1.54, 1.807) is 19.2 Å². The molecule has 146 valence electrons. The minimum absolute atomic E-state index is 0.359. The van der Waals surface area contributed by atoms with Gasteiger partial charge in [-0.05, 0) is 55.7 Å². The number of hydrogen-bond acceptors (Lipinski definition) is 3. The van der Waals surface area contributed by atoms with Gasteiger partial charge in [-0.3, -0.25) is 4.99 Å². The maximum absolute atomic E-state index is 6.12. The van der Waals surface area contributed by atoms with Crippen LogP contribution in [0.4, 0.5) is 5.69 Å². The summed E-state index contributed by atoms with van der Waals surface area (Å²) >= 11 is 6.12. The summed E-state index contributed by atoms with van der Waals surface area (Å²) in [4.78, 5) is 4.38. The molecule has 0 bridgehead atoms. The zero-order valence-corrected chi connectivity index (χ0v) is 16.8. The molecule has 3 rings (SSSR count). The molecule has 2 aromatic carbocycles. The van der Waals surface area contributed by atoms with Gasteiger partial charge in [0.1, 0.15) is 5.75 Å². The van der Waals surface area contributed by atoms with Crippen LogP contribution in [0.1, 0.15) is 17.7 Å². The molecule has 6 nitrogen and oxygen atoms in total. The van der Waals surface area contributed by atoms with Gasteiger partial charge in [-0.15, -0.1) is 0 Å². The highest BCUT2D eigenvalue weighted by atomic mass is 35.5. The second-order valence-electron chi connectivity index (χ2n) is 6.36. The summed E-state index contributed by atoms with van der Waals surface area (Å²) in [5.41, 5.74) is 10.0. The fourth-order valence-corrected chi connectivity index (χ4v) is 3.11. The fraction of sp³-hybridized carbons (Fsp3) is 0.238. The Morgan fingerprint density at radius 1 is 1.25 bits per heavy atom. The van der Waals surface area contributed by atoms with Crippen LogP contribution < -0.4 is 15.8 Å². The smallest absolute Gasteiger partial charge is 0.193 e. The van der Waals surface area contributed by atoms with E-state index in [0.29, 0.717) is 23.3 Å². The summed E-state index contributed by atoms with van der Waals surface area (Å²) in [5.74, 6) is 0.979. The van der Waals surface area contributed by atoms with Crippen molar-refractivity contribution in [2.24, 2.45) is 10.7 Å². The first-order valence-electron chi connectivity index (χ1n) is 9.08. The van der Waals surface area contributed by atoms with E-state index in [-0.39, 0.29) is 0 Å². The molecule has 0 aliphatic carbocycles. The van der Waals surface area contributed by atoms with Gasteiger partial charge < -0.3 is 15.8 Å². The fourth-order valence-electron chi connectivity index (χ4n) is 2.85. The number of anilines is 1. The molecule has 0 atom stereocenters. The van der Waals surface area contributed by atoms with Crippen molar-refractivity contribution in [3.63, 3.8) is 0 Å². The lowest BCUT2D eigenvalue weighted by atomic mass is 10.1. The van der Waals surface area contributed by atoms with E-state index in [1.807, 2.05) is 48.0 Å². The molecular formula is C21H24ClN5O. The zero-order chi connectivity index (χ0) is 19.9. The van der Waals surface area contributed by atoms with E-state index in [1.165, 1.54) is 5.56 Å². The van der Waals surface area contributed by atoms with Crippen molar-refractivity contribution in [1.29, 1.82) is 0 Å². The molecule has 7 heteroatoms. The van der Waals surface area contributed by atoms with E-state index in [4.69, 9.17) is 22.1 Å². The summed E-state index contributed by atoms with van der Waals surface area (Å²) in [6.45, 7) is 2.65. The molecule has 0 unspecified atom stereocenters. The van der Waals surface area contributed by atoms with Crippen LogP contribution >= 0.6 is 11.6 Å². The number of methoxy groups -OCH3 is 1. The number of guanidine groups is 1. The van der Waals surface area contributed by atoms with Gasteiger partial charge in [0, 0.05) is 18.4 Å². The Morgan fingerprint density at radius 3 is 2.75 bits per heavy atom. The number of nitrogens with zero attached hydrogens (tertiary/aromatic N) is 3. The number of halogens is 1. The number of nitrogens with two attached hydrogens (primary N) is 1. The van der Waals surface area contributed by atoms with Crippen LogP contribution in [0.3, 0.4) is 0 Å². The highest BCUT2D eigenvalue weighted by Crippen LogP contribution is 2.27. The van der Waals surface area contributed by atoms with Crippen molar-refractivity contribution in [3.05, 3.63) is 71.0 Å². The van der Waals surface area contributed by atoms with Gasteiger partial charge in [0.15, 0.2) is 5.96 Å². The van der Waals surface area contributed by atoms with E-state index >= 15 is 0 Å². The molecule has 1 aromatic heterocycles. The summed E-state index contributed by atoms with van der Waals surface area (Å²) in [6.07, 6.45) is 3.85. The molecule has 0 aliphatic rings. The summed E-state index contributed by atoms with van der Waals surface area (Å²) in [6, 6.07) is 15.5. The van der Waals surface area contributed by atoms with Crippen molar-refractivity contribution in [3.8, 4) is 11.4 Å². The van der Waals surface area contributed by atoms with Crippen LogP contribution in [0.25, 0.3) is 5.69 Å². The molecule has 0 fully saturated rings. The highest BCUT2D eigenvalue weighted by molar-refractivity contribution is 6.32. The molecular weight excluding hydrogens is 374 g/mol. The van der Waals surface area contributed by atoms with Gasteiger partial charge in [0.2, 0.25) is 0 Å². The van der Waals surface area contributed by atoms with Crippen molar-refractivity contribution < 1.29 is 4.74 Å². The van der Waals surface area contributed by atoms with E-state index in [0.717, 1.165) is 29.9 Å². The third-order valence-corrected chi connectivity index (χ3v) is 4.63. The first-order chi connectivity index (χ1) is 13.6. The molecule has 0 saturated heterocycles. The molecule has 0 spiro atoms. The third-order valence-electron chi connectivity index (χ3n) is 4.33. The zero-order valence-electron chi connectivity index (χ0n) is 16.0. The average molecular weight is 398 g/mol. The van der Waals surface area contributed by atoms with Crippen molar-refractivity contribution in [1.82, 2.24) is 9.78 Å². The first-order valence-corrected chi connectivity index (χ1v) is 9.45. The van der Waals surface area contributed by atoms with Gasteiger partial charge in [-0.1, -0.05) is 29.8 Å². The average Bonchev–Trinajstić information content (AvgIpc) is 3.07. The second-order valence-corrected chi connectivity index (χ2v) is 6.77. The monoisotopic (exact) mass is 397 g/mol. The Balaban J connectivity index is 1.52. The normalized spacial score (nSPS) is 11.5. The number of nitrogens with one attached hydrogen (secondary N) is 1. The maximum atomic E-state index is 6.12. The highest BCUT2D eigenvalue weighted by Gasteiger charge is 2.06. The molecule has 3 aromatic rings. The van der Waals surface area contributed by atoms with Crippen molar-refractivity contribution in [2.75, 3.05) is 19.0 Å². The Morgan fingerprint density at radius 2 is 2.04 bits per heavy atom. The standard InChI is InChI=1S/C21H24ClN5O/c1-15-16(14-27(26-15)18-8-4-3-5-9-18)7-6-12-24-21(23)25-17-10-11-20(28-2)19(22)13-17/h3-5,8-11,13-14H,6-7,12H2,1-2H3,(H3,23,24,25). The van der Waals surface area contributed by atoms with Crippen molar-refractivity contribution >= 4 is 23.2 Å². The number of aliphatic imine (C=N–C) groups is 1. The maximum Gasteiger partial charge on any atom is 0.193 e. The van der Waals surface area contributed by atoms with Crippen LogP contribution in [0.2, 0.25) is 5.02 Å². The van der Waals surface area contributed by atoms with Crippen LogP contribution in [0, 0.1) is 6.92 Å². The molecule has 0 amide bonds. The predicted octanol–water partition coefficient (Wildman–Crippen LogP) is 4.20. The summed E-state index contributed by atoms with van der Waals surface area (Å²) in [5, 5.41) is 8.15. The number of para-hydroxylation sites is 1. The minimum atomic E-state index is 0.359. The van der Waals surface area contributed by atoms with Gasteiger partial charge in [-0.2, -0.15) is 5.10 Å². The summed E-state index contributed by atoms with van der Waals surface area (Å²) in [7, 11) is 1.58. The van der Waals surface area contributed by atoms with Gasteiger partial charge in [0.25, 0.3) is 0 Å². The summed E-state index contributed by atoms with van der Waals surface area (Å²) < 4.78 is 7.05. The number of ether oxygens (including phenoxy) is 1. The quantitative estimate of drug-likeness (QED) is 0.356. The van der Waals surface area contributed by atoms with Crippen LogP contribution in [0.5, 0.6) is 5.75 Å². The topological polar surface area (TPSA) is 77.5 Å². The third kappa shape index (κ3) is 5.04. The number of aromatic nitrogens is 2. The van der Waals surface area contributed by atoms with Gasteiger partial charge in [-0.25, -0.2) is 4.68 Å². The second kappa shape index (κ2) is 9.28. The molecule has 3 N–H and O–H groups in total. The first kappa shape index (κ1) is 19.8. The molecule has 28 heavy (non-hydrogen) atoms. The Kier molecular flexibility index (Phi) is 6.55. The SMILES string of the molecule is COc1ccc(NC(N)=NCCCc2cn(-c3ccccc3)nc2C)cc1Cl. The van der Waals surface area contributed by atoms with Crippen LogP contribution in [-0.2, 0) is 6.42 Å². The number of hydrogen-bond donors (Lipinski definition) is 2. The van der Waals surface area contributed by atoms with Gasteiger partial charge in [0.05, 0.1) is 23.5 Å². The lowest BCUT2D eigenvalue weighted by Crippen LogP contribution is -2.22. The Labute approximate surface area is 170 Å². The molecule has 1 heterocycles.